The summed E-state index contributed by atoms with van der Waals surface area (Å²) in [6.07, 6.45) is 3.67. The maximum Gasteiger partial charge on any atom is 0.220 e. The highest BCUT2D eigenvalue weighted by atomic mass is 35.5. The molecule has 0 saturated heterocycles. The summed E-state index contributed by atoms with van der Waals surface area (Å²) in [5, 5.41) is 24.2. The smallest absolute Gasteiger partial charge is 0.220 e. The van der Waals surface area contributed by atoms with E-state index < -0.39 is 15.6 Å². The number of nitrogens with one attached hydrogen (secondary N) is 2. The summed E-state index contributed by atoms with van der Waals surface area (Å²) >= 11 is 12.2. The van der Waals surface area contributed by atoms with Crippen molar-refractivity contribution in [2.75, 3.05) is 6.26 Å². The van der Waals surface area contributed by atoms with E-state index >= 15 is 0 Å². The Morgan fingerprint density at radius 3 is 2.62 bits per heavy atom. The lowest BCUT2D eigenvalue weighted by Crippen LogP contribution is -2.14. The van der Waals surface area contributed by atoms with Crippen LogP contribution in [0.4, 0.5) is 0 Å². The molecule has 0 bridgehead atoms. The van der Waals surface area contributed by atoms with Gasteiger partial charge in [-0.05, 0) is 18.6 Å². The third-order valence-electron chi connectivity index (χ3n) is 4.15. The Labute approximate surface area is 178 Å². The van der Waals surface area contributed by atoms with Crippen LogP contribution in [0.5, 0.6) is 5.88 Å². The van der Waals surface area contributed by atoms with Crippen LogP contribution >= 0.6 is 23.2 Å². The largest absolute Gasteiger partial charge is 0.493 e. The fourth-order valence-electron chi connectivity index (χ4n) is 2.77. The topological polar surface area (TPSA) is 125 Å². The Hall–Kier alpha value is -2.36. The third kappa shape index (κ3) is 4.80. The van der Waals surface area contributed by atoms with E-state index in [9.17, 15) is 18.3 Å². The van der Waals surface area contributed by atoms with Crippen LogP contribution in [0.25, 0.3) is 0 Å². The highest BCUT2D eigenvalue weighted by molar-refractivity contribution is 7.90. The first-order valence-electron chi connectivity index (χ1n) is 8.43. The molecule has 2 rings (SSSR count). The minimum Gasteiger partial charge on any atom is -0.493 e. The predicted octanol–water partition coefficient (Wildman–Crippen LogP) is 2.80. The number of sulfone groups is 1. The molecule has 29 heavy (non-hydrogen) atoms. The number of benzene rings is 1. The third-order valence-corrected chi connectivity index (χ3v) is 5.98. The second-order valence-electron chi connectivity index (χ2n) is 6.18. The Morgan fingerprint density at radius 1 is 1.41 bits per heavy atom. The molecule has 0 fully saturated rings. The number of ketones is 1. The van der Waals surface area contributed by atoms with Gasteiger partial charge in [0.05, 0.1) is 20.6 Å². The number of aryl methyl sites for hydroxylation is 2. The second kappa shape index (κ2) is 8.98. The van der Waals surface area contributed by atoms with Gasteiger partial charge in [-0.15, -0.1) is 0 Å². The molecule has 0 radical (unpaired) electrons. The van der Waals surface area contributed by atoms with E-state index in [2.05, 4.69) is 10.4 Å². The number of carbonyl (C=O) groups excluding carboxylic acids is 1. The molecule has 1 aromatic heterocycles. The molecule has 11 heteroatoms. The monoisotopic (exact) mass is 458 g/mol. The van der Waals surface area contributed by atoms with Gasteiger partial charge in [-0.3, -0.25) is 4.79 Å². The van der Waals surface area contributed by atoms with Crippen molar-refractivity contribution in [3.63, 3.8) is 0 Å². The van der Waals surface area contributed by atoms with Gasteiger partial charge in [0, 0.05) is 43.4 Å². The van der Waals surface area contributed by atoms with Crippen molar-refractivity contribution in [2.24, 2.45) is 7.05 Å². The molecule has 0 aliphatic rings. The minimum atomic E-state index is -3.64. The zero-order chi connectivity index (χ0) is 21.9. The SMILES string of the molecule is CCc1nn(C)c(O)c1C(=O)c1ccc(S(C)(=O)=O)c(CN/C=C(/Cl)C=N)c1Cl. The summed E-state index contributed by atoms with van der Waals surface area (Å²) in [5.74, 6) is -0.859. The quantitative estimate of drug-likeness (QED) is 0.412. The minimum absolute atomic E-state index is 0.0228. The van der Waals surface area contributed by atoms with E-state index in [1.165, 1.54) is 30.1 Å². The van der Waals surface area contributed by atoms with E-state index in [0.29, 0.717) is 12.1 Å². The second-order valence-corrected chi connectivity index (χ2v) is 8.98. The van der Waals surface area contributed by atoms with Crippen molar-refractivity contribution < 1.29 is 18.3 Å². The molecule has 0 amide bonds. The van der Waals surface area contributed by atoms with Gasteiger partial charge < -0.3 is 15.8 Å². The maximum atomic E-state index is 13.1. The Bertz CT molecular complexity index is 1110. The first kappa shape index (κ1) is 22.9. The van der Waals surface area contributed by atoms with Gasteiger partial charge in [0.2, 0.25) is 11.7 Å². The van der Waals surface area contributed by atoms with Crippen molar-refractivity contribution in [3.8, 4) is 5.88 Å². The number of aromatic hydroxyl groups is 1. The normalized spacial score (nSPS) is 12.1. The number of hydrogen-bond donors (Lipinski definition) is 3. The summed E-state index contributed by atoms with van der Waals surface area (Å²) < 4.78 is 25.5. The van der Waals surface area contributed by atoms with Gasteiger partial charge in [0.15, 0.2) is 9.84 Å². The van der Waals surface area contributed by atoms with Gasteiger partial charge in [0.25, 0.3) is 0 Å². The van der Waals surface area contributed by atoms with Gasteiger partial charge in [-0.2, -0.15) is 5.10 Å². The fourth-order valence-corrected chi connectivity index (χ4v) is 4.15. The molecular formula is C18H20Cl2N4O4S. The molecule has 8 nitrogen and oxygen atoms in total. The molecule has 2 aromatic rings. The Morgan fingerprint density at radius 2 is 2.07 bits per heavy atom. The lowest BCUT2D eigenvalue weighted by Gasteiger charge is -2.14. The number of carbonyl (C=O) groups is 1. The molecule has 1 aromatic carbocycles. The number of aromatic nitrogens is 2. The average molecular weight is 459 g/mol. The summed E-state index contributed by atoms with van der Waals surface area (Å²) in [5.41, 5.74) is 0.636. The highest BCUT2D eigenvalue weighted by Crippen LogP contribution is 2.32. The zero-order valence-electron chi connectivity index (χ0n) is 16.0. The molecule has 0 atom stereocenters. The van der Waals surface area contributed by atoms with Gasteiger partial charge >= 0.3 is 0 Å². The Balaban J connectivity index is 2.62. The summed E-state index contributed by atoms with van der Waals surface area (Å²) in [7, 11) is -2.13. The lowest BCUT2D eigenvalue weighted by atomic mass is 10.00. The number of allylic oxidation sites excluding steroid dienone is 1. The van der Waals surface area contributed by atoms with E-state index in [1.54, 1.807) is 6.92 Å². The van der Waals surface area contributed by atoms with E-state index in [-0.39, 0.29) is 44.1 Å². The lowest BCUT2D eigenvalue weighted by molar-refractivity contribution is 0.103. The first-order valence-corrected chi connectivity index (χ1v) is 11.1. The molecule has 0 saturated carbocycles. The van der Waals surface area contributed by atoms with Crippen LogP contribution in [0.3, 0.4) is 0 Å². The zero-order valence-corrected chi connectivity index (χ0v) is 18.3. The van der Waals surface area contributed by atoms with Crippen LogP contribution in [-0.4, -0.2) is 41.6 Å². The standard InChI is InChI=1S/C18H20Cl2N4O4S/c1-4-13-15(18(26)24(2)23-13)17(25)11-5-6-14(29(3,27)28)12(16(11)20)9-22-8-10(19)7-21/h5-8,21-22,26H,4,9H2,1-3H3/b10-8+,21-7?. The van der Waals surface area contributed by atoms with Crippen LogP contribution < -0.4 is 5.32 Å². The van der Waals surface area contributed by atoms with Crippen LogP contribution in [0.15, 0.2) is 28.3 Å². The Kier molecular flexibility index (Phi) is 7.10. The van der Waals surface area contributed by atoms with Crippen LogP contribution in [-0.2, 0) is 29.9 Å². The van der Waals surface area contributed by atoms with Gasteiger partial charge in [0.1, 0.15) is 5.56 Å². The molecule has 0 aliphatic heterocycles. The molecule has 0 spiro atoms. The van der Waals surface area contributed by atoms with E-state index in [1.807, 2.05) is 0 Å². The number of rotatable bonds is 8. The molecule has 0 aliphatic carbocycles. The number of halogens is 2. The molecule has 1 heterocycles. The summed E-state index contributed by atoms with van der Waals surface area (Å²) in [4.78, 5) is 13.0. The fraction of sp³-hybridized carbons (Fsp3) is 0.278. The van der Waals surface area contributed by atoms with Crippen molar-refractivity contribution in [2.45, 2.75) is 24.8 Å². The average Bonchev–Trinajstić information content (AvgIpc) is 2.95. The molecule has 3 N–H and O–H groups in total. The van der Waals surface area contributed by atoms with E-state index in [0.717, 1.165) is 12.5 Å². The van der Waals surface area contributed by atoms with E-state index in [4.69, 9.17) is 28.6 Å². The first-order chi connectivity index (χ1) is 13.5. The van der Waals surface area contributed by atoms with Gasteiger partial charge in [-0.25, -0.2) is 13.1 Å². The summed E-state index contributed by atoms with van der Waals surface area (Å²) in [6.45, 7) is 1.74. The van der Waals surface area contributed by atoms with Crippen molar-refractivity contribution in [1.82, 2.24) is 15.1 Å². The van der Waals surface area contributed by atoms with Gasteiger partial charge in [-0.1, -0.05) is 30.1 Å². The van der Waals surface area contributed by atoms with Crippen LogP contribution in [0.1, 0.15) is 34.1 Å². The molecule has 0 unspecified atom stereocenters. The van der Waals surface area contributed by atoms with Crippen LogP contribution in [0, 0.1) is 5.41 Å². The van der Waals surface area contributed by atoms with Crippen molar-refractivity contribution >= 4 is 45.0 Å². The predicted molar refractivity (Wildman–Crippen MR) is 112 cm³/mol. The molecular weight excluding hydrogens is 439 g/mol. The number of nitrogens with zero attached hydrogens (tertiary/aromatic N) is 2. The van der Waals surface area contributed by atoms with Crippen molar-refractivity contribution in [1.29, 1.82) is 5.41 Å². The van der Waals surface area contributed by atoms with Crippen LogP contribution in [0.2, 0.25) is 5.02 Å². The van der Waals surface area contributed by atoms with Crippen molar-refractivity contribution in [3.05, 3.63) is 50.8 Å². The highest BCUT2D eigenvalue weighted by Gasteiger charge is 2.27. The number of hydrogen-bond acceptors (Lipinski definition) is 7. The summed E-state index contributed by atoms with van der Waals surface area (Å²) in [6, 6.07) is 2.61. The maximum absolute atomic E-state index is 13.1. The molecule has 156 valence electrons.